The Morgan fingerprint density at radius 1 is 0.525 bits per heavy atom. The summed E-state index contributed by atoms with van der Waals surface area (Å²) < 4.78 is 0. The zero-order valence-electron chi connectivity index (χ0n) is 23.3. The maximum atomic E-state index is 5.92. The molecular weight excluding hydrogens is 484 g/mol. The van der Waals surface area contributed by atoms with Crippen LogP contribution in [-0.2, 0) is 11.8 Å². The van der Waals surface area contributed by atoms with Crippen molar-refractivity contribution in [2.24, 2.45) is 0 Å². The highest BCUT2D eigenvalue weighted by atomic mass is 14.5. The van der Waals surface area contributed by atoms with E-state index in [1.165, 1.54) is 57.3 Å². The molecule has 0 saturated heterocycles. The second kappa shape index (κ2) is 11.1. The molecule has 0 heterocycles. The predicted octanol–water partition coefficient (Wildman–Crippen LogP) is 9.39. The fourth-order valence-electron chi connectivity index (χ4n) is 6.53. The molecule has 0 aromatic heterocycles. The summed E-state index contributed by atoms with van der Waals surface area (Å²) >= 11 is 0. The molecule has 0 radical (unpaired) electrons. The van der Waals surface area contributed by atoms with Crippen LogP contribution in [0, 0.1) is 0 Å². The van der Waals surface area contributed by atoms with Crippen LogP contribution in [-0.4, -0.2) is 0 Å². The lowest BCUT2D eigenvalue weighted by molar-refractivity contribution is 0.315. The lowest BCUT2D eigenvalue weighted by Gasteiger charge is -2.42. The summed E-state index contributed by atoms with van der Waals surface area (Å²) in [5.41, 5.74) is 24.0. The van der Waals surface area contributed by atoms with Gasteiger partial charge in [-0.15, -0.1) is 0 Å². The van der Waals surface area contributed by atoms with Crippen molar-refractivity contribution >= 4 is 11.4 Å². The normalized spacial score (nSPS) is 15.1. The predicted molar refractivity (Wildman–Crippen MR) is 170 cm³/mol. The van der Waals surface area contributed by atoms with Crippen molar-refractivity contribution in [1.82, 2.24) is 0 Å². The molecular formula is C38H38N2. The Balaban J connectivity index is 1.33. The first-order valence-corrected chi connectivity index (χ1v) is 14.6. The minimum Gasteiger partial charge on any atom is -0.399 e. The Kier molecular flexibility index (Phi) is 7.17. The minimum absolute atomic E-state index is 0.000842. The number of nitrogen functional groups attached to an aromatic ring is 2. The molecule has 6 rings (SSSR count). The van der Waals surface area contributed by atoms with Crippen LogP contribution in [0.4, 0.5) is 11.4 Å². The van der Waals surface area contributed by atoms with Crippen molar-refractivity contribution in [2.45, 2.75) is 50.4 Å². The second-order valence-corrected chi connectivity index (χ2v) is 11.4. The van der Waals surface area contributed by atoms with Gasteiger partial charge in [-0.1, -0.05) is 104 Å². The number of benzene rings is 5. The van der Waals surface area contributed by atoms with Gasteiger partial charge in [0.15, 0.2) is 0 Å². The number of hydrogen-bond donors (Lipinski definition) is 2. The monoisotopic (exact) mass is 522 g/mol. The van der Waals surface area contributed by atoms with E-state index in [1.54, 1.807) is 0 Å². The van der Waals surface area contributed by atoms with Crippen LogP contribution in [0.15, 0.2) is 121 Å². The molecule has 1 aliphatic rings. The topological polar surface area (TPSA) is 52.0 Å². The Morgan fingerprint density at radius 3 is 1.27 bits per heavy atom. The fourth-order valence-corrected chi connectivity index (χ4v) is 6.53. The van der Waals surface area contributed by atoms with Crippen molar-refractivity contribution < 1.29 is 0 Å². The summed E-state index contributed by atoms with van der Waals surface area (Å²) in [4.78, 5) is 0. The van der Waals surface area contributed by atoms with Crippen LogP contribution in [0.2, 0.25) is 0 Å². The van der Waals surface area contributed by atoms with Gasteiger partial charge in [0.2, 0.25) is 0 Å². The van der Waals surface area contributed by atoms with Crippen LogP contribution < -0.4 is 11.5 Å². The first kappa shape index (κ1) is 26.0. The van der Waals surface area contributed by atoms with E-state index in [9.17, 15) is 0 Å². The molecule has 0 amide bonds. The average Bonchev–Trinajstić information content (AvgIpc) is 3.02. The van der Waals surface area contributed by atoms with Gasteiger partial charge in [-0.3, -0.25) is 0 Å². The number of hydrogen-bond acceptors (Lipinski definition) is 2. The highest BCUT2D eigenvalue weighted by Crippen LogP contribution is 2.49. The van der Waals surface area contributed by atoms with Gasteiger partial charge < -0.3 is 11.5 Å². The molecule has 5 aromatic carbocycles. The third-order valence-electron chi connectivity index (χ3n) is 9.06. The second-order valence-electron chi connectivity index (χ2n) is 11.4. The van der Waals surface area contributed by atoms with Gasteiger partial charge in [-0.2, -0.15) is 0 Å². The van der Waals surface area contributed by atoms with Gasteiger partial charge >= 0.3 is 0 Å². The zero-order chi connectivity index (χ0) is 27.5. The van der Waals surface area contributed by atoms with Crippen molar-refractivity contribution in [2.75, 3.05) is 11.5 Å². The summed E-state index contributed by atoms with van der Waals surface area (Å²) in [6.45, 7) is 2.22. The Morgan fingerprint density at radius 2 is 0.900 bits per heavy atom. The van der Waals surface area contributed by atoms with E-state index in [0.29, 0.717) is 5.92 Å². The van der Waals surface area contributed by atoms with Crippen molar-refractivity contribution in [3.63, 3.8) is 0 Å². The van der Waals surface area contributed by atoms with Gasteiger partial charge in [0.05, 0.1) is 0 Å². The number of rotatable bonds is 6. The quantitative estimate of drug-likeness (QED) is 0.218. The first-order valence-electron chi connectivity index (χ1n) is 14.6. The van der Waals surface area contributed by atoms with Gasteiger partial charge in [-0.25, -0.2) is 0 Å². The van der Waals surface area contributed by atoms with E-state index in [-0.39, 0.29) is 5.41 Å². The Hall–Kier alpha value is -4.30. The van der Waals surface area contributed by atoms with Crippen LogP contribution in [0.1, 0.15) is 60.8 Å². The molecule has 0 atom stereocenters. The molecule has 2 heteroatoms. The van der Waals surface area contributed by atoms with Crippen molar-refractivity contribution in [3.8, 4) is 22.3 Å². The zero-order valence-corrected chi connectivity index (χ0v) is 23.3. The van der Waals surface area contributed by atoms with Crippen molar-refractivity contribution in [1.29, 1.82) is 0 Å². The Bertz CT molecular complexity index is 1450. The van der Waals surface area contributed by atoms with E-state index < -0.39 is 0 Å². The molecule has 0 unspecified atom stereocenters. The molecule has 0 aliphatic heterocycles. The molecule has 5 aromatic rings. The smallest absolute Gasteiger partial charge is 0.0314 e. The summed E-state index contributed by atoms with van der Waals surface area (Å²) in [6, 6.07) is 44.2. The van der Waals surface area contributed by atoms with E-state index in [1.807, 2.05) is 24.3 Å². The lowest BCUT2D eigenvalue weighted by atomic mass is 9.62. The molecule has 1 saturated carbocycles. The highest BCUT2D eigenvalue weighted by Gasteiger charge is 2.38. The molecule has 40 heavy (non-hydrogen) atoms. The van der Waals surface area contributed by atoms with Gasteiger partial charge in [0.25, 0.3) is 0 Å². The van der Waals surface area contributed by atoms with E-state index >= 15 is 0 Å². The third-order valence-corrected chi connectivity index (χ3v) is 9.06. The Labute approximate surface area is 238 Å². The average molecular weight is 523 g/mol. The molecule has 1 fully saturated rings. The van der Waals surface area contributed by atoms with Gasteiger partial charge in [-0.05, 0) is 107 Å². The maximum Gasteiger partial charge on any atom is 0.0314 e. The number of nitrogens with two attached hydrogens (primary N) is 2. The summed E-state index contributed by atoms with van der Waals surface area (Å²) in [5.74, 6) is 0.613. The van der Waals surface area contributed by atoms with Crippen LogP contribution in [0.5, 0.6) is 0 Å². The van der Waals surface area contributed by atoms with E-state index in [4.69, 9.17) is 11.5 Å². The third kappa shape index (κ3) is 5.14. The summed E-state index contributed by atoms with van der Waals surface area (Å²) in [5, 5.41) is 0. The van der Waals surface area contributed by atoms with Crippen molar-refractivity contribution in [3.05, 3.63) is 144 Å². The maximum absolute atomic E-state index is 5.92. The molecule has 0 bridgehead atoms. The molecule has 2 nitrogen and oxygen atoms in total. The highest BCUT2D eigenvalue weighted by molar-refractivity contribution is 5.68. The minimum atomic E-state index is -0.000842. The lowest BCUT2D eigenvalue weighted by Crippen LogP contribution is -2.32. The van der Waals surface area contributed by atoms with E-state index in [0.717, 1.165) is 30.6 Å². The number of aryl methyl sites for hydroxylation is 1. The molecule has 200 valence electrons. The van der Waals surface area contributed by atoms with Gasteiger partial charge in [0, 0.05) is 16.8 Å². The van der Waals surface area contributed by atoms with Crippen LogP contribution in [0.3, 0.4) is 0 Å². The van der Waals surface area contributed by atoms with Gasteiger partial charge in [0.1, 0.15) is 0 Å². The first-order chi connectivity index (χ1) is 19.5. The summed E-state index contributed by atoms with van der Waals surface area (Å²) in [6.07, 6.45) is 5.73. The molecule has 4 N–H and O–H groups in total. The van der Waals surface area contributed by atoms with E-state index in [2.05, 4.69) is 104 Å². The number of anilines is 2. The standard InChI is InChI=1S/C38H38N2/c1-2-27-3-5-28(6-4-27)33-23-25-38(26-24-33,34-15-7-29(8-16-34)31-11-19-36(39)20-12-31)35-17-9-30(10-18-35)32-13-21-37(40)22-14-32/h3-22,33H,2,23-26,39-40H2,1H3. The SMILES string of the molecule is CCc1ccc(C2CCC(c3ccc(-c4ccc(N)cc4)cc3)(c3ccc(-c4ccc(N)cc4)cc3)CC2)cc1. The molecule has 0 spiro atoms. The molecule has 1 aliphatic carbocycles. The van der Waals surface area contributed by atoms with Crippen LogP contribution in [0.25, 0.3) is 22.3 Å². The fraction of sp³-hybridized carbons (Fsp3) is 0.211. The largest absolute Gasteiger partial charge is 0.399 e. The van der Waals surface area contributed by atoms with Crippen LogP contribution >= 0.6 is 0 Å². The summed E-state index contributed by atoms with van der Waals surface area (Å²) in [7, 11) is 0.